The molecule has 0 amide bonds. The van der Waals surface area contributed by atoms with Gasteiger partial charge in [0, 0.05) is 20.6 Å². The summed E-state index contributed by atoms with van der Waals surface area (Å²) in [5.74, 6) is -0.307. The van der Waals surface area contributed by atoms with Gasteiger partial charge in [-0.25, -0.2) is 4.39 Å². The zero-order chi connectivity index (χ0) is 16.1. The molecule has 0 fully saturated rings. The predicted octanol–water partition coefficient (Wildman–Crippen LogP) is 3.25. The second-order valence-corrected chi connectivity index (χ2v) is 4.99. The molecule has 0 spiro atoms. The first-order chi connectivity index (χ1) is 10.6. The van der Waals surface area contributed by atoms with Gasteiger partial charge in [0.2, 0.25) is 0 Å². The van der Waals surface area contributed by atoms with Gasteiger partial charge in [0.25, 0.3) is 0 Å². The summed E-state index contributed by atoms with van der Waals surface area (Å²) in [4.78, 5) is 1.70. The molecule has 110 valence electrons. The smallest absolute Gasteiger partial charge is 0.146 e. The van der Waals surface area contributed by atoms with Crippen molar-refractivity contribution in [3.8, 4) is 12.1 Å². The number of rotatable bonds is 4. The first kappa shape index (κ1) is 15.3. The first-order valence-corrected chi connectivity index (χ1v) is 6.69. The molecule has 0 atom stereocenters. The lowest BCUT2D eigenvalue weighted by atomic mass is 10.1. The summed E-state index contributed by atoms with van der Waals surface area (Å²) in [6.07, 6.45) is 0. The van der Waals surface area contributed by atoms with Crippen LogP contribution in [0.2, 0.25) is 0 Å². The van der Waals surface area contributed by atoms with Crippen LogP contribution in [-0.2, 0) is 6.54 Å². The van der Waals surface area contributed by atoms with E-state index in [0.29, 0.717) is 29.0 Å². The molecule has 0 bridgehead atoms. The highest BCUT2D eigenvalue weighted by molar-refractivity contribution is 5.66. The molecule has 0 aliphatic heterocycles. The molecule has 0 unspecified atom stereocenters. The summed E-state index contributed by atoms with van der Waals surface area (Å²) in [6, 6.07) is 14.0. The van der Waals surface area contributed by atoms with Crippen molar-refractivity contribution in [3.05, 3.63) is 58.9 Å². The van der Waals surface area contributed by atoms with E-state index in [4.69, 9.17) is 10.5 Å². The van der Waals surface area contributed by atoms with E-state index in [9.17, 15) is 4.39 Å². The van der Waals surface area contributed by atoms with Gasteiger partial charge < -0.3 is 10.2 Å². The Morgan fingerprint density at radius 3 is 2.23 bits per heavy atom. The number of hydrogen-bond acceptors (Lipinski definition) is 4. The Kier molecular flexibility index (Phi) is 4.60. The van der Waals surface area contributed by atoms with Crippen molar-refractivity contribution in [2.24, 2.45) is 0 Å². The zero-order valence-corrected chi connectivity index (χ0v) is 12.4. The molecule has 4 nitrogen and oxygen atoms in total. The van der Waals surface area contributed by atoms with Crippen LogP contribution >= 0.6 is 0 Å². The summed E-state index contributed by atoms with van der Waals surface area (Å²) in [6.45, 7) is 0.331. The minimum absolute atomic E-state index is 0.307. The lowest BCUT2D eigenvalue weighted by Crippen LogP contribution is -2.11. The van der Waals surface area contributed by atoms with Crippen LogP contribution < -0.4 is 10.2 Å². The second-order valence-electron chi connectivity index (χ2n) is 4.99. The third-order valence-electron chi connectivity index (χ3n) is 3.27. The van der Waals surface area contributed by atoms with Crippen LogP contribution in [0.1, 0.15) is 16.7 Å². The Balaban J connectivity index is 2.23. The molecule has 0 radical (unpaired) electrons. The Morgan fingerprint density at radius 1 is 1.09 bits per heavy atom. The van der Waals surface area contributed by atoms with Crippen molar-refractivity contribution in [3.63, 3.8) is 0 Å². The van der Waals surface area contributed by atoms with Gasteiger partial charge in [-0.1, -0.05) is 12.1 Å². The van der Waals surface area contributed by atoms with E-state index >= 15 is 0 Å². The van der Waals surface area contributed by atoms with E-state index in [1.54, 1.807) is 43.3 Å². The van der Waals surface area contributed by atoms with E-state index in [1.807, 2.05) is 18.2 Å². The average molecular weight is 294 g/mol. The standard InChI is InChI=1S/C17H15FN4/c1-22(2)16-7-6-12(8-15(16)18)11-21-17-13(9-19)4-3-5-14(17)10-20/h3-8,21H,11H2,1-2H3. The minimum Gasteiger partial charge on any atom is -0.379 e. The molecule has 0 aliphatic carbocycles. The maximum Gasteiger partial charge on any atom is 0.146 e. The molecule has 0 heterocycles. The first-order valence-electron chi connectivity index (χ1n) is 6.69. The van der Waals surface area contributed by atoms with Crippen molar-refractivity contribution in [2.45, 2.75) is 6.54 Å². The lowest BCUT2D eigenvalue weighted by molar-refractivity contribution is 0.624. The number of nitrogens with one attached hydrogen (secondary N) is 1. The molecule has 1 N–H and O–H groups in total. The van der Waals surface area contributed by atoms with Crippen molar-refractivity contribution >= 4 is 11.4 Å². The Hall–Kier alpha value is -3.05. The van der Waals surface area contributed by atoms with Crippen LogP contribution in [0.25, 0.3) is 0 Å². The fourth-order valence-corrected chi connectivity index (χ4v) is 2.14. The number of para-hydroxylation sites is 1. The van der Waals surface area contributed by atoms with Gasteiger partial charge in [-0.3, -0.25) is 0 Å². The lowest BCUT2D eigenvalue weighted by Gasteiger charge is -2.15. The topological polar surface area (TPSA) is 62.9 Å². The highest BCUT2D eigenvalue weighted by Crippen LogP contribution is 2.22. The third kappa shape index (κ3) is 3.16. The van der Waals surface area contributed by atoms with Gasteiger partial charge in [0.1, 0.15) is 18.0 Å². The molecule has 2 aromatic carbocycles. The number of benzene rings is 2. The normalized spacial score (nSPS) is 9.68. The molecule has 22 heavy (non-hydrogen) atoms. The number of nitrogens with zero attached hydrogens (tertiary/aromatic N) is 3. The molecule has 5 heteroatoms. The molecular weight excluding hydrogens is 279 g/mol. The van der Waals surface area contributed by atoms with Crippen LogP contribution in [0, 0.1) is 28.5 Å². The van der Waals surface area contributed by atoms with E-state index in [0.717, 1.165) is 5.56 Å². The van der Waals surface area contributed by atoms with Crippen LogP contribution in [-0.4, -0.2) is 14.1 Å². The van der Waals surface area contributed by atoms with E-state index in [2.05, 4.69) is 5.32 Å². The van der Waals surface area contributed by atoms with Gasteiger partial charge in [-0.2, -0.15) is 10.5 Å². The predicted molar refractivity (Wildman–Crippen MR) is 83.9 cm³/mol. The Morgan fingerprint density at radius 2 is 1.73 bits per heavy atom. The fourth-order valence-electron chi connectivity index (χ4n) is 2.14. The summed E-state index contributed by atoms with van der Waals surface area (Å²) in [5.41, 5.74) is 2.51. The second kappa shape index (κ2) is 6.60. The highest BCUT2D eigenvalue weighted by atomic mass is 19.1. The summed E-state index contributed by atoms with van der Waals surface area (Å²) in [5, 5.41) is 21.3. The van der Waals surface area contributed by atoms with Gasteiger partial charge in [0.05, 0.1) is 22.5 Å². The van der Waals surface area contributed by atoms with Gasteiger partial charge in [-0.15, -0.1) is 0 Å². The Labute approximate surface area is 129 Å². The molecule has 2 rings (SSSR count). The van der Waals surface area contributed by atoms with Crippen molar-refractivity contribution in [1.82, 2.24) is 0 Å². The van der Waals surface area contributed by atoms with Crippen LogP contribution in [0.5, 0.6) is 0 Å². The third-order valence-corrected chi connectivity index (χ3v) is 3.27. The molecular formula is C17H15FN4. The molecule has 0 saturated carbocycles. The molecule has 0 saturated heterocycles. The SMILES string of the molecule is CN(C)c1ccc(CNc2c(C#N)cccc2C#N)cc1F. The number of halogens is 1. The number of nitriles is 2. The highest BCUT2D eigenvalue weighted by Gasteiger charge is 2.09. The average Bonchev–Trinajstić information content (AvgIpc) is 2.52. The van der Waals surface area contributed by atoms with Crippen molar-refractivity contribution in [2.75, 3.05) is 24.3 Å². The van der Waals surface area contributed by atoms with Crippen LogP contribution in [0.3, 0.4) is 0 Å². The summed E-state index contributed by atoms with van der Waals surface area (Å²) in [7, 11) is 3.55. The monoisotopic (exact) mass is 294 g/mol. The fraction of sp³-hybridized carbons (Fsp3) is 0.176. The summed E-state index contributed by atoms with van der Waals surface area (Å²) < 4.78 is 13.9. The molecule has 0 aliphatic rings. The number of anilines is 2. The molecule has 0 aromatic heterocycles. The van der Waals surface area contributed by atoms with Crippen LogP contribution in [0.4, 0.5) is 15.8 Å². The maximum atomic E-state index is 13.9. The summed E-state index contributed by atoms with van der Waals surface area (Å²) >= 11 is 0. The van der Waals surface area contributed by atoms with Gasteiger partial charge in [-0.05, 0) is 29.8 Å². The quantitative estimate of drug-likeness (QED) is 0.940. The van der Waals surface area contributed by atoms with Crippen LogP contribution in [0.15, 0.2) is 36.4 Å². The van der Waals surface area contributed by atoms with Crippen molar-refractivity contribution in [1.29, 1.82) is 10.5 Å². The van der Waals surface area contributed by atoms with E-state index in [1.165, 1.54) is 6.07 Å². The van der Waals surface area contributed by atoms with Crippen molar-refractivity contribution < 1.29 is 4.39 Å². The van der Waals surface area contributed by atoms with Gasteiger partial charge >= 0.3 is 0 Å². The maximum absolute atomic E-state index is 13.9. The Bertz CT molecular complexity index is 737. The minimum atomic E-state index is -0.307. The van der Waals surface area contributed by atoms with E-state index < -0.39 is 0 Å². The van der Waals surface area contributed by atoms with Gasteiger partial charge in [0.15, 0.2) is 0 Å². The van der Waals surface area contributed by atoms with E-state index in [-0.39, 0.29) is 5.82 Å². The largest absolute Gasteiger partial charge is 0.379 e. The number of hydrogen-bond donors (Lipinski definition) is 1. The molecule has 2 aromatic rings. The zero-order valence-electron chi connectivity index (χ0n) is 12.4.